The van der Waals surface area contributed by atoms with Gasteiger partial charge in [-0.25, -0.2) is 9.50 Å². The second kappa shape index (κ2) is 7.57. The summed E-state index contributed by atoms with van der Waals surface area (Å²) in [6.45, 7) is 3.71. The second-order valence-electron chi connectivity index (χ2n) is 8.10. The van der Waals surface area contributed by atoms with Crippen LogP contribution in [0.4, 0.5) is 0 Å². The first-order valence-corrected chi connectivity index (χ1v) is 10.4. The summed E-state index contributed by atoms with van der Waals surface area (Å²) >= 11 is 0. The Hall–Kier alpha value is -3.19. The number of aromatic nitrogens is 4. The molecule has 4 aromatic rings. The highest BCUT2D eigenvalue weighted by molar-refractivity contribution is 5.88. The molecule has 7 nitrogen and oxygen atoms in total. The third-order valence-electron chi connectivity index (χ3n) is 6.08. The van der Waals surface area contributed by atoms with E-state index in [1.54, 1.807) is 10.7 Å². The molecular formula is C23H25N5O2. The summed E-state index contributed by atoms with van der Waals surface area (Å²) in [4.78, 5) is 21.8. The Kier molecular flexibility index (Phi) is 4.75. The molecule has 0 saturated carbocycles. The van der Waals surface area contributed by atoms with Gasteiger partial charge in [0.15, 0.2) is 0 Å². The van der Waals surface area contributed by atoms with Gasteiger partial charge in [-0.1, -0.05) is 36.4 Å². The average molecular weight is 403 g/mol. The zero-order valence-corrected chi connectivity index (χ0v) is 17.3. The maximum atomic E-state index is 12.5. The van der Waals surface area contributed by atoms with Crippen molar-refractivity contribution in [1.82, 2.24) is 24.5 Å². The molecule has 1 saturated heterocycles. The highest BCUT2D eigenvalue weighted by atomic mass is 16.5. The Balaban J connectivity index is 1.48. The van der Waals surface area contributed by atoms with Crippen LogP contribution in [0, 0.1) is 6.92 Å². The minimum atomic E-state index is -0.292. The number of hydrogen-bond acceptors (Lipinski definition) is 5. The number of aromatic amines is 1. The predicted molar refractivity (Wildman–Crippen MR) is 116 cm³/mol. The van der Waals surface area contributed by atoms with Crippen molar-refractivity contribution in [3.8, 4) is 6.01 Å². The number of benzene rings is 2. The SMILES string of the molecule is Cc1cccc2cccc(Cc3cnc4c(=O)[nH]c(OCC5CCCN5C)nn34)c12. The van der Waals surface area contributed by atoms with Crippen LogP contribution in [-0.2, 0) is 6.42 Å². The molecule has 0 radical (unpaired) electrons. The van der Waals surface area contributed by atoms with Crippen LogP contribution in [-0.4, -0.2) is 50.7 Å². The fourth-order valence-electron chi connectivity index (χ4n) is 4.43. The molecule has 0 aliphatic carbocycles. The maximum absolute atomic E-state index is 12.5. The number of ether oxygens (including phenoxy) is 1. The van der Waals surface area contributed by atoms with Gasteiger partial charge in [-0.3, -0.25) is 9.78 Å². The van der Waals surface area contributed by atoms with Gasteiger partial charge in [0.1, 0.15) is 6.61 Å². The van der Waals surface area contributed by atoms with E-state index in [1.165, 1.54) is 28.3 Å². The van der Waals surface area contributed by atoms with E-state index in [1.807, 2.05) is 0 Å². The Morgan fingerprint density at radius 2 is 2.07 bits per heavy atom. The van der Waals surface area contributed by atoms with E-state index < -0.39 is 0 Å². The Labute approximate surface area is 174 Å². The predicted octanol–water partition coefficient (Wildman–Crippen LogP) is 2.94. The van der Waals surface area contributed by atoms with E-state index in [9.17, 15) is 4.79 Å². The number of H-pyrrole nitrogens is 1. The summed E-state index contributed by atoms with van der Waals surface area (Å²) in [5.74, 6) is 0. The monoisotopic (exact) mass is 403 g/mol. The standard InChI is InChI=1S/C23H25N5O2/c1-15-6-3-7-16-8-4-9-17(20(15)16)12-19-13-24-21-22(29)25-23(26-28(19)21)30-14-18-10-5-11-27(18)2/h3-4,6-9,13,18H,5,10-12,14H2,1-2H3,(H,25,26,29). The van der Waals surface area contributed by atoms with Gasteiger partial charge in [0.05, 0.1) is 11.9 Å². The van der Waals surface area contributed by atoms with Gasteiger partial charge in [-0.2, -0.15) is 0 Å². The molecule has 2 aromatic heterocycles. The average Bonchev–Trinajstić information content (AvgIpc) is 3.33. The summed E-state index contributed by atoms with van der Waals surface area (Å²) in [6, 6.07) is 13.2. The van der Waals surface area contributed by atoms with E-state index in [-0.39, 0.29) is 17.2 Å². The number of nitrogens with one attached hydrogen (secondary N) is 1. The molecule has 1 aliphatic heterocycles. The summed E-state index contributed by atoms with van der Waals surface area (Å²) in [5.41, 5.74) is 3.26. The van der Waals surface area contributed by atoms with Crippen LogP contribution >= 0.6 is 0 Å². The molecule has 1 atom stereocenters. The number of aryl methyl sites for hydroxylation is 1. The van der Waals surface area contributed by atoms with E-state index in [0.29, 0.717) is 19.1 Å². The highest BCUT2D eigenvalue weighted by Crippen LogP contribution is 2.25. The smallest absolute Gasteiger partial charge is 0.314 e. The second-order valence-corrected chi connectivity index (χ2v) is 8.10. The van der Waals surface area contributed by atoms with Gasteiger partial charge in [-0.05, 0) is 55.3 Å². The summed E-state index contributed by atoms with van der Waals surface area (Å²) in [7, 11) is 2.10. The number of rotatable bonds is 5. The number of fused-ring (bicyclic) bond motifs is 2. The van der Waals surface area contributed by atoms with Gasteiger partial charge in [0.2, 0.25) is 5.65 Å². The third kappa shape index (κ3) is 3.35. The van der Waals surface area contributed by atoms with Crippen molar-refractivity contribution in [1.29, 1.82) is 0 Å². The number of likely N-dealkylation sites (tertiary alicyclic amines) is 1. The van der Waals surface area contributed by atoms with E-state index in [4.69, 9.17) is 4.74 Å². The van der Waals surface area contributed by atoms with Gasteiger partial charge >= 0.3 is 6.01 Å². The van der Waals surface area contributed by atoms with Crippen LogP contribution in [0.3, 0.4) is 0 Å². The lowest BCUT2D eigenvalue weighted by atomic mass is 9.97. The Morgan fingerprint density at radius 3 is 2.87 bits per heavy atom. The van der Waals surface area contributed by atoms with Crippen molar-refractivity contribution >= 4 is 16.4 Å². The minimum absolute atomic E-state index is 0.237. The molecule has 1 N–H and O–H groups in total. The molecule has 154 valence electrons. The molecule has 0 bridgehead atoms. The first kappa shape index (κ1) is 18.8. The number of hydrogen-bond donors (Lipinski definition) is 1. The Bertz CT molecular complexity index is 1270. The number of likely N-dealkylation sites (N-methyl/N-ethyl adjacent to an activating group) is 1. The Morgan fingerprint density at radius 1 is 1.23 bits per heavy atom. The van der Waals surface area contributed by atoms with Gasteiger partial charge in [0.25, 0.3) is 5.56 Å². The van der Waals surface area contributed by atoms with Crippen LogP contribution in [0.15, 0.2) is 47.4 Å². The fourth-order valence-corrected chi connectivity index (χ4v) is 4.43. The van der Waals surface area contributed by atoms with Gasteiger partial charge in [-0.15, -0.1) is 5.10 Å². The largest absolute Gasteiger partial charge is 0.462 e. The highest BCUT2D eigenvalue weighted by Gasteiger charge is 2.22. The van der Waals surface area contributed by atoms with Crippen molar-refractivity contribution in [3.63, 3.8) is 0 Å². The zero-order chi connectivity index (χ0) is 20.7. The van der Waals surface area contributed by atoms with Crippen molar-refractivity contribution in [2.75, 3.05) is 20.2 Å². The number of nitrogens with zero attached hydrogens (tertiary/aromatic N) is 4. The zero-order valence-electron chi connectivity index (χ0n) is 17.3. The van der Waals surface area contributed by atoms with Crippen LogP contribution in [0.25, 0.3) is 16.4 Å². The molecule has 3 heterocycles. The van der Waals surface area contributed by atoms with Crippen LogP contribution in [0.5, 0.6) is 6.01 Å². The van der Waals surface area contributed by atoms with E-state index >= 15 is 0 Å². The number of imidazole rings is 1. The summed E-state index contributed by atoms with van der Waals surface area (Å²) in [6.07, 6.45) is 4.62. The molecule has 30 heavy (non-hydrogen) atoms. The summed E-state index contributed by atoms with van der Waals surface area (Å²) < 4.78 is 7.47. The lowest BCUT2D eigenvalue weighted by Crippen LogP contribution is -2.31. The van der Waals surface area contributed by atoms with E-state index in [0.717, 1.165) is 18.7 Å². The molecule has 0 amide bonds. The lowest BCUT2D eigenvalue weighted by molar-refractivity contribution is 0.185. The van der Waals surface area contributed by atoms with Crippen LogP contribution in [0.2, 0.25) is 0 Å². The molecule has 1 aliphatic rings. The van der Waals surface area contributed by atoms with Gasteiger partial charge < -0.3 is 9.64 Å². The molecule has 0 spiro atoms. The van der Waals surface area contributed by atoms with Crippen molar-refractivity contribution in [2.45, 2.75) is 32.2 Å². The van der Waals surface area contributed by atoms with E-state index in [2.05, 4.69) is 70.3 Å². The van der Waals surface area contributed by atoms with Crippen LogP contribution < -0.4 is 10.3 Å². The van der Waals surface area contributed by atoms with Gasteiger partial charge in [0, 0.05) is 12.5 Å². The molecular weight excluding hydrogens is 378 g/mol. The topological polar surface area (TPSA) is 75.5 Å². The molecule has 5 rings (SSSR count). The minimum Gasteiger partial charge on any atom is -0.462 e. The molecule has 2 aromatic carbocycles. The third-order valence-corrected chi connectivity index (χ3v) is 6.08. The quantitative estimate of drug-likeness (QED) is 0.555. The lowest BCUT2D eigenvalue weighted by Gasteiger charge is -2.18. The van der Waals surface area contributed by atoms with Crippen LogP contribution in [0.1, 0.15) is 29.7 Å². The van der Waals surface area contributed by atoms with Crippen molar-refractivity contribution < 1.29 is 4.74 Å². The van der Waals surface area contributed by atoms with Crippen molar-refractivity contribution in [3.05, 3.63) is 69.8 Å². The fraction of sp³-hybridized carbons (Fsp3) is 0.348. The molecule has 1 fully saturated rings. The van der Waals surface area contributed by atoms with Crippen molar-refractivity contribution in [2.24, 2.45) is 0 Å². The normalized spacial score (nSPS) is 17.2. The summed E-state index contributed by atoms with van der Waals surface area (Å²) in [5, 5.41) is 6.98. The molecule has 1 unspecified atom stereocenters. The first-order chi connectivity index (χ1) is 14.6. The molecule has 7 heteroatoms. The maximum Gasteiger partial charge on any atom is 0.314 e. The first-order valence-electron chi connectivity index (χ1n) is 10.4.